The Hall–Kier alpha value is -1.45. The lowest BCUT2D eigenvalue weighted by Crippen LogP contribution is -2.48. The van der Waals surface area contributed by atoms with E-state index in [9.17, 15) is 4.39 Å². The Kier molecular flexibility index (Phi) is 10.8. The number of piperidine rings is 1. The lowest BCUT2D eigenvalue weighted by atomic mass is 10.0. The van der Waals surface area contributed by atoms with Crippen LogP contribution in [0, 0.1) is 5.82 Å². The first-order valence-electron chi connectivity index (χ1n) is 10.2. The van der Waals surface area contributed by atoms with Crippen LogP contribution in [-0.2, 0) is 13.0 Å². The molecule has 164 valence electrons. The average Bonchev–Trinajstić information content (AvgIpc) is 2.72. The second-order valence-corrected chi connectivity index (χ2v) is 7.67. The van der Waals surface area contributed by atoms with Crippen LogP contribution in [0.15, 0.2) is 47.6 Å². The van der Waals surface area contributed by atoms with Crippen LogP contribution in [0.25, 0.3) is 0 Å². The van der Waals surface area contributed by atoms with Gasteiger partial charge in [0.25, 0.3) is 0 Å². The van der Waals surface area contributed by atoms with Crippen molar-refractivity contribution >= 4 is 41.5 Å². The van der Waals surface area contributed by atoms with Gasteiger partial charge in [-0.3, -0.25) is 14.9 Å². The van der Waals surface area contributed by atoms with Crippen LogP contribution in [0.2, 0.25) is 5.02 Å². The summed E-state index contributed by atoms with van der Waals surface area (Å²) in [5.41, 5.74) is 2.03. The fourth-order valence-electron chi connectivity index (χ4n) is 3.48. The number of nitrogens with one attached hydrogen (secondary N) is 2. The highest BCUT2D eigenvalue weighted by atomic mass is 127. The van der Waals surface area contributed by atoms with Crippen molar-refractivity contribution in [3.63, 3.8) is 0 Å². The fourth-order valence-corrected chi connectivity index (χ4v) is 3.74. The van der Waals surface area contributed by atoms with E-state index in [0.717, 1.165) is 56.2 Å². The monoisotopic (exact) mass is 545 g/mol. The summed E-state index contributed by atoms with van der Waals surface area (Å²) in [5.74, 6) is 0.514. The number of hydrogen-bond donors (Lipinski definition) is 2. The van der Waals surface area contributed by atoms with Gasteiger partial charge in [-0.05, 0) is 56.0 Å². The summed E-state index contributed by atoms with van der Waals surface area (Å²) >= 11 is 6.10. The summed E-state index contributed by atoms with van der Waals surface area (Å²) in [7, 11) is 0. The van der Waals surface area contributed by atoms with Crippen LogP contribution in [0.3, 0.4) is 0 Å². The minimum atomic E-state index is -0.313. The predicted octanol–water partition coefficient (Wildman–Crippen LogP) is 4.25. The molecule has 0 spiro atoms. The number of nitrogens with zero attached hydrogens (tertiary/aromatic N) is 3. The molecule has 1 saturated heterocycles. The van der Waals surface area contributed by atoms with Gasteiger partial charge >= 0.3 is 0 Å². The van der Waals surface area contributed by atoms with E-state index in [0.29, 0.717) is 24.0 Å². The van der Waals surface area contributed by atoms with Crippen LogP contribution in [0.1, 0.15) is 31.0 Å². The van der Waals surface area contributed by atoms with E-state index in [1.54, 1.807) is 6.07 Å². The van der Waals surface area contributed by atoms with E-state index in [2.05, 4.69) is 38.5 Å². The van der Waals surface area contributed by atoms with Crippen LogP contribution < -0.4 is 10.6 Å². The molecule has 0 bridgehead atoms. The molecular weight excluding hydrogens is 516 g/mol. The maximum Gasteiger partial charge on any atom is 0.191 e. The second kappa shape index (κ2) is 13.1. The number of hydrogen-bond acceptors (Lipinski definition) is 3. The first-order chi connectivity index (χ1) is 14.1. The number of pyridine rings is 1. The van der Waals surface area contributed by atoms with E-state index in [4.69, 9.17) is 11.6 Å². The van der Waals surface area contributed by atoms with Crippen LogP contribution >= 0.6 is 35.6 Å². The Morgan fingerprint density at radius 2 is 2.07 bits per heavy atom. The van der Waals surface area contributed by atoms with Gasteiger partial charge in [-0.15, -0.1) is 24.0 Å². The topological polar surface area (TPSA) is 52.6 Å². The maximum atomic E-state index is 13.2. The molecule has 0 atom stereocenters. The van der Waals surface area contributed by atoms with Gasteiger partial charge in [0.15, 0.2) is 5.96 Å². The van der Waals surface area contributed by atoms with Crippen molar-refractivity contribution in [2.24, 2.45) is 4.99 Å². The Balaban J connectivity index is 0.00000320. The molecule has 1 aromatic heterocycles. The Morgan fingerprint density at radius 1 is 1.27 bits per heavy atom. The van der Waals surface area contributed by atoms with E-state index in [-0.39, 0.29) is 29.8 Å². The summed E-state index contributed by atoms with van der Waals surface area (Å²) in [6.07, 6.45) is 4.67. The molecule has 2 aromatic rings. The van der Waals surface area contributed by atoms with Gasteiger partial charge in [0.2, 0.25) is 0 Å². The molecule has 8 heteroatoms. The van der Waals surface area contributed by atoms with Gasteiger partial charge in [0.1, 0.15) is 5.82 Å². The third-order valence-electron chi connectivity index (χ3n) is 5.05. The molecular formula is C22H30ClFIN5. The molecule has 2 N–H and O–H groups in total. The second-order valence-electron chi connectivity index (χ2n) is 7.26. The molecule has 2 heterocycles. The number of rotatable bonds is 7. The van der Waals surface area contributed by atoms with Crippen LogP contribution in [0.4, 0.5) is 4.39 Å². The highest BCUT2D eigenvalue weighted by Gasteiger charge is 2.20. The van der Waals surface area contributed by atoms with Gasteiger partial charge in [-0.25, -0.2) is 4.39 Å². The first-order valence-corrected chi connectivity index (χ1v) is 10.6. The predicted molar refractivity (Wildman–Crippen MR) is 132 cm³/mol. The SMILES string of the molecule is CCNC(=NCCc1ccc(F)cc1Cl)NC1CCN(Cc2ccccn2)CC1.I. The summed E-state index contributed by atoms with van der Waals surface area (Å²) in [6, 6.07) is 11.0. The van der Waals surface area contributed by atoms with Crippen molar-refractivity contribution in [3.05, 3.63) is 64.7 Å². The molecule has 0 unspecified atom stereocenters. The number of halogens is 3. The molecule has 0 radical (unpaired) electrons. The molecule has 1 aliphatic heterocycles. The molecule has 30 heavy (non-hydrogen) atoms. The van der Waals surface area contributed by atoms with Crippen LogP contribution in [0.5, 0.6) is 0 Å². The third kappa shape index (κ3) is 8.00. The van der Waals surface area contributed by atoms with Gasteiger partial charge in [-0.1, -0.05) is 23.7 Å². The number of benzene rings is 1. The maximum absolute atomic E-state index is 13.2. The fraction of sp³-hybridized carbons (Fsp3) is 0.455. The quantitative estimate of drug-likeness (QED) is 0.310. The van der Waals surface area contributed by atoms with Gasteiger partial charge in [-0.2, -0.15) is 0 Å². The van der Waals surface area contributed by atoms with E-state index in [1.165, 1.54) is 12.1 Å². The largest absolute Gasteiger partial charge is 0.357 e. The number of likely N-dealkylation sites (tertiary alicyclic amines) is 1. The van der Waals surface area contributed by atoms with Gasteiger partial charge in [0.05, 0.1) is 5.69 Å². The first kappa shape index (κ1) is 24.8. The minimum absolute atomic E-state index is 0. The highest BCUT2D eigenvalue weighted by molar-refractivity contribution is 14.0. The molecule has 0 saturated carbocycles. The molecule has 5 nitrogen and oxygen atoms in total. The molecule has 1 aromatic carbocycles. The highest BCUT2D eigenvalue weighted by Crippen LogP contribution is 2.18. The van der Waals surface area contributed by atoms with E-state index in [1.807, 2.05) is 18.3 Å². The standard InChI is InChI=1S/C22H29ClFN5.HI/c1-2-25-22(27-12-8-17-6-7-18(24)15-21(17)23)28-19-9-13-29(14-10-19)16-20-5-3-4-11-26-20;/h3-7,11,15,19H,2,8-10,12-14,16H2,1H3,(H2,25,27,28);1H. The van der Waals surface area contributed by atoms with Crippen LogP contribution in [-0.4, -0.2) is 48.1 Å². The lowest BCUT2D eigenvalue weighted by molar-refractivity contribution is 0.196. The zero-order valence-corrected chi connectivity index (χ0v) is 20.4. The van der Waals surface area contributed by atoms with Crippen molar-refractivity contribution in [1.82, 2.24) is 20.5 Å². The molecule has 3 rings (SSSR count). The number of aromatic nitrogens is 1. The molecule has 1 fully saturated rings. The molecule has 1 aliphatic rings. The van der Waals surface area contributed by atoms with Crippen molar-refractivity contribution in [2.75, 3.05) is 26.2 Å². The van der Waals surface area contributed by atoms with Crippen molar-refractivity contribution in [2.45, 2.75) is 38.8 Å². The Morgan fingerprint density at radius 3 is 2.73 bits per heavy atom. The molecule has 0 aliphatic carbocycles. The Bertz CT molecular complexity index is 797. The minimum Gasteiger partial charge on any atom is -0.357 e. The summed E-state index contributed by atoms with van der Waals surface area (Å²) in [4.78, 5) is 11.5. The molecule has 0 amide bonds. The number of guanidine groups is 1. The smallest absolute Gasteiger partial charge is 0.191 e. The van der Waals surface area contributed by atoms with Gasteiger partial charge < -0.3 is 10.6 Å². The van der Waals surface area contributed by atoms with Crippen molar-refractivity contribution in [3.8, 4) is 0 Å². The zero-order valence-electron chi connectivity index (χ0n) is 17.3. The zero-order chi connectivity index (χ0) is 20.5. The Labute approximate surface area is 200 Å². The third-order valence-corrected chi connectivity index (χ3v) is 5.40. The number of aliphatic imine (C=N–C) groups is 1. The lowest BCUT2D eigenvalue weighted by Gasteiger charge is -2.32. The van der Waals surface area contributed by atoms with Crippen molar-refractivity contribution < 1.29 is 4.39 Å². The average molecular weight is 546 g/mol. The van der Waals surface area contributed by atoms with E-state index >= 15 is 0 Å². The van der Waals surface area contributed by atoms with Crippen molar-refractivity contribution in [1.29, 1.82) is 0 Å². The summed E-state index contributed by atoms with van der Waals surface area (Å²) < 4.78 is 13.2. The van der Waals surface area contributed by atoms with E-state index < -0.39 is 0 Å². The normalized spacial score (nSPS) is 15.5. The summed E-state index contributed by atoms with van der Waals surface area (Å²) in [6.45, 7) is 6.45. The summed E-state index contributed by atoms with van der Waals surface area (Å²) in [5, 5.41) is 7.33. The van der Waals surface area contributed by atoms with Gasteiger partial charge in [0, 0.05) is 50.0 Å².